The van der Waals surface area contributed by atoms with Gasteiger partial charge in [0, 0.05) is 30.9 Å². The van der Waals surface area contributed by atoms with Gasteiger partial charge >= 0.3 is 0 Å². The van der Waals surface area contributed by atoms with Crippen LogP contribution < -0.4 is 24.3 Å². The van der Waals surface area contributed by atoms with Crippen LogP contribution in [0.2, 0.25) is 0 Å². The molecule has 1 fully saturated rings. The van der Waals surface area contributed by atoms with Gasteiger partial charge in [-0.25, -0.2) is 0 Å². The molecule has 2 aromatic rings. The average Bonchev–Trinajstić information content (AvgIpc) is 3.20. The third-order valence-corrected chi connectivity index (χ3v) is 4.94. The van der Waals surface area contributed by atoms with Crippen LogP contribution in [-0.2, 0) is 4.79 Å². The van der Waals surface area contributed by atoms with Crippen molar-refractivity contribution in [1.29, 1.82) is 0 Å². The number of nitrogens with one attached hydrogen (secondary N) is 1. The second-order valence-corrected chi connectivity index (χ2v) is 6.86. The number of benzene rings is 2. The summed E-state index contributed by atoms with van der Waals surface area (Å²) < 4.78 is 21.5. The van der Waals surface area contributed by atoms with Crippen LogP contribution in [0.5, 0.6) is 23.0 Å². The fourth-order valence-corrected chi connectivity index (χ4v) is 3.45. The first-order chi connectivity index (χ1) is 13.7. The molecule has 0 aromatic heterocycles. The summed E-state index contributed by atoms with van der Waals surface area (Å²) in [5.74, 6) is 2.75. The highest BCUT2D eigenvalue weighted by atomic mass is 16.7. The second kappa shape index (κ2) is 8.29. The third kappa shape index (κ3) is 4.24. The summed E-state index contributed by atoms with van der Waals surface area (Å²) >= 11 is 0. The Labute approximate surface area is 164 Å². The normalized spacial score (nSPS) is 17.9. The minimum Gasteiger partial charge on any atom is -0.497 e. The molecule has 4 rings (SSSR count). The number of nitrogens with zero attached hydrogens (tertiary/aromatic N) is 1. The highest BCUT2D eigenvalue weighted by molar-refractivity contribution is 5.78. The highest BCUT2D eigenvalue weighted by Crippen LogP contribution is 2.35. The standard InChI is InChI=1S/C21H24N2O5/c1-25-17-6-4-15(5-7-17)22-16-3-2-10-23(12-16)21(24)13-26-18-8-9-19-20(11-18)28-14-27-19/h4-9,11,16,22H,2-3,10,12-14H2,1H3/t16-/m1/s1. The molecule has 28 heavy (non-hydrogen) atoms. The van der Waals surface area contributed by atoms with Crippen molar-refractivity contribution in [2.45, 2.75) is 18.9 Å². The van der Waals surface area contributed by atoms with E-state index in [1.54, 1.807) is 25.3 Å². The van der Waals surface area contributed by atoms with Crippen molar-refractivity contribution in [3.63, 3.8) is 0 Å². The first-order valence-electron chi connectivity index (χ1n) is 9.42. The zero-order valence-electron chi connectivity index (χ0n) is 15.8. The predicted octanol–water partition coefficient (Wildman–Crippen LogP) is 2.91. The lowest BCUT2D eigenvalue weighted by Crippen LogP contribution is -2.46. The van der Waals surface area contributed by atoms with Crippen LogP contribution in [0, 0.1) is 0 Å². The van der Waals surface area contributed by atoms with Crippen molar-refractivity contribution in [3.8, 4) is 23.0 Å². The van der Waals surface area contributed by atoms with Crippen LogP contribution in [-0.4, -0.2) is 50.4 Å². The van der Waals surface area contributed by atoms with Gasteiger partial charge in [-0.3, -0.25) is 4.79 Å². The molecule has 2 aromatic carbocycles. The van der Waals surface area contributed by atoms with Crippen LogP contribution >= 0.6 is 0 Å². The minimum atomic E-state index is -0.0149. The molecule has 7 nitrogen and oxygen atoms in total. The quantitative estimate of drug-likeness (QED) is 0.826. The molecule has 2 aliphatic heterocycles. The number of amides is 1. The van der Waals surface area contributed by atoms with E-state index in [-0.39, 0.29) is 25.3 Å². The summed E-state index contributed by atoms with van der Waals surface area (Å²) in [6, 6.07) is 13.4. The number of hydrogen-bond acceptors (Lipinski definition) is 6. The van der Waals surface area contributed by atoms with E-state index >= 15 is 0 Å². The molecule has 2 aliphatic rings. The Kier molecular flexibility index (Phi) is 5.41. The Morgan fingerprint density at radius 3 is 2.75 bits per heavy atom. The number of anilines is 1. The van der Waals surface area contributed by atoms with Crippen LogP contribution in [0.4, 0.5) is 5.69 Å². The van der Waals surface area contributed by atoms with Crippen molar-refractivity contribution in [1.82, 2.24) is 4.90 Å². The average molecular weight is 384 g/mol. The highest BCUT2D eigenvalue weighted by Gasteiger charge is 2.24. The molecular weight excluding hydrogens is 360 g/mol. The number of hydrogen-bond donors (Lipinski definition) is 1. The summed E-state index contributed by atoms with van der Waals surface area (Å²) in [7, 11) is 1.65. The molecule has 0 bridgehead atoms. The van der Waals surface area contributed by atoms with Gasteiger partial charge in [0.15, 0.2) is 18.1 Å². The number of fused-ring (bicyclic) bond motifs is 1. The van der Waals surface area contributed by atoms with E-state index in [2.05, 4.69) is 5.32 Å². The molecular formula is C21H24N2O5. The summed E-state index contributed by atoms with van der Waals surface area (Å²) in [6.45, 7) is 1.64. The maximum Gasteiger partial charge on any atom is 0.260 e. The van der Waals surface area contributed by atoms with E-state index < -0.39 is 0 Å². The fraction of sp³-hybridized carbons (Fsp3) is 0.381. The molecule has 7 heteroatoms. The monoisotopic (exact) mass is 384 g/mol. The molecule has 1 saturated heterocycles. The lowest BCUT2D eigenvalue weighted by molar-refractivity contribution is -0.134. The molecule has 0 spiro atoms. The number of piperidine rings is 1. The molecule has 148 valence electrons. The SMILES string of the molecule is COc1ccc(N[C@@H]2CCCN(C(=O)COc3ccc4c(c3)OCO4)C2)cc1. The molecule has 1 N–H and O–H groups in total. The predicted molar refractivity (Wildman–Crippen MR) is 104 cm³/mol. The number of carbonyl (C=O) groups is 1. The molecule has 0 radical (unpaired) electrons. The first kappa shape index (κ1) is 18.3. The summed E-state index contributed by atoms with van der Waals surface area (Å²) in [5, 5.41) is 3.50. The first-order valence-corrected chi connectivity index (χ1v) is 9.42. The Bertz CT molecular complexity index is 824. The minimum absolute atomic E-state index is 0.00883. The van der Waals surface area contributed by atoms with E-state index in [0.29, 0.717) is 23.8 Å². The van der Waals surface area contributed by atoms with Crippen LogP contribution in [0.15, 0.2) is 42.5 Å². The number of ether oxygens (including phenoxy) is 4. The molecule has 0 saturated carbocycles. The van der Waals surface area contributed by atoms with Gasteiger partial charge in [-0.1, -0.05) is 0 Å². The van der Waals surface area contributed by atoms with Crippen LogP contribution in [0.25, 0.3) is 0 Å². The number of carbonyl (C=O) groups excluding carboxylic acids is 1. The van der Waals surface area contributed by atoms with Gasteiger partial charge in [0.1, 0.15) is 11.5 Å². The van der Waals surface area contributed by atoms with Gasteiger partial charge in [-0.05, 0) is 49.2 Å². The topological polar surface area (TPSA) is 69.3 Å². The molecule has 0 unspecified atom stereocenters. The van der Waals surface area contributed by atoms with E-state index in [9.17, 15) is 4.79 Å². The Balaban J connectivity index is 1.29. The Morgan fingerprint density at radius 1 is 1.14 bits per heavy atom. The second-order valence-electron chi connectivity index (χ2n) is 6.86. The van der Waals surface area contributed by atoms with Crippen molar-refractivity contribution in [3.05, 3.63) is 42.5 Å². The Morgan fingerprint density at radius 2 is 1.93 bits per heavy atom. The number of rotatable bonds is 6. The lowest BCUT2D eigenvalue weighted by Gasteiger charge is -2.33. The fourth-order valence-electron chi connectivity index (χ4n) is 3.45. The summed E-state index contributed by atoms with van der Waals surface area (Å²) in [4.78, 5) is 14.4. The van der Waals surface area contributed by atoms with Crippen molar-refractivity contribution in [2.24, 2.45) is 0 Å². The van der Waals surface area contributed by atoms with E-state index in [4.69, 9.17) is 18.9 Å². The maximum atomic E-state index is 12.6. The van der Waals surface area contributed by atoms with E-state index in [1.807, 2.05) is 29.2 Å². The zero-order valence-corrected chi connectivity index (χ0v) is 15.8. The van der Waals surface area contributed by atoms with E-state index in [1.165, 1.54) is 0 Å². The van der Waals surface area contributed by atoms with E-state index in [0.717, 1.165) is 30.8 Å². The smallest absolute Gasteiger partial charge is 0.260 e. The Hall–Kier alpha value is -3.09. The van der Waals surface area contributed by atoms with Gasteiger partial charge in [-0.2, -0.15) is 0 Å². The van der Waals surface area contributed by atoms with Gasteiger partial charge < -0.3 is 29.2 Å². The summed E-state index contributed by atoms with van der Waals surface area (Å²) in [5.41, 5.74) is 1.02. The molecule has 2 heterocycles. The van der Waals surface area contributed by atoms with Gasteiger partial charge in [0.05, 0.1) is 7.11 Å². The van der Waals surface area contributed by atoms with Gasteiger partial charge in [0.25, 0.3) is 5.91 Å². The molecule has 1 amide bonds. The van der Waals surface area contributed by atoms with Crippen molar-refractivity contribution >= 4 is 11.6 Å². The third-order valence-electron chi connectivity index (χ3n) is 4.94. The summed E-state index contributed by atoms with van der Waals surface area (Å²) in [6.07, 6.45) is 1.99. The van der Waals surface area contributed by atoms with Gasteiger partial charge in [0.2, 0.25) is 6.79 Å². The van der Waals surface area contributed by atoms with Crippen molar-refractivity contribution < 1.29 is 23.7 Å². The molecule has 1 atom stereocenters. The molecule has 0 aliphatic carbocycles. The van der Waals surface area contributed by atoms with Crippen LogP contribution in [0.3, 0.4) is 0 Å². The zero-order chi connectivity index (χ0) is 19.3. The maximum absolute atomic E-state index is 12.6. The van der Waals surface area contributed by atoms with Gasteiger partial charge in [-0.15, -0.1) is 0 Å². The van der Waals surface area contributed by atoms with Crippen LogP contribution in [0.1, 0.15) is 12.8 Å². The lowest BCUT2D eigenvalue weighted by atomic mass is 10.1. The number of likely N-dealkylation sites (tertiary alicyclic amines) is 1. The number of methoxy groups -OCH3 is 1. The largest absolute Gasteiger partial charge is 0.497 e. The van der Waals surface area contributed by atoms with Crippen molar-refractivity contribution in [2.75, 3.05) is 38.9 Å².